The van der Waals surface area contributed by atoms with E-state index >= 15 is 0 Å². The number of amides is 1. The maximum atomic E-state index is 12.8. The molecule has 112 valence electrons. The Morgan fingerprint density at radius 3 is 2.70 bits per heavy atom. The molecule has 7 nitrogen and oxygen atoms in total. The lowest BCUT2D eigenvalue weighted by Crippen LogP contribution is -2.50. The van der Waals surface area contributed by atoms with Crippen LogP contribution in [0.5, 0.6) is 0 Å². The van der Waals surface area contributed by atoms with Gasteiger partial charge in [0.1, 0.15) is 5.82 Å². The SMILES string of the molecule is COCC1(C(=O)N(C)Cc2n[nH]c(C)n2)CCNCC1. The number of aryl methyl sites for hydroxylation is 1. The number of aromatic amines is 1. The highest BCUT2D eigenvalue weighted by Gasteiger charge is 2.41. The molecule has 0 spiro atoms. The van der Waals surface area contributed by atoms with Crippen molar-refractivity contribution in [2.24, 2.45) is 5.41 Å². The van der Waals surface area contributed by atoms with Crippen LogP contribution in [0.25, 0.3) is 0 Å². The molecule has 0 atom stereocenters. The summed E-state index contributed by atoms with van der Waals surface area (Å²) in [5.74, 6) is 1.51. The monoisotopic (exact) mass is 281 g/mol. The molecule has 0 unspecified atom stereocenters. The molecule has 0 radical (unpaired) electrons. The summed E-state index contributed by atoms with van der Waals surface area (Å²) in [5, 5.41) is 10.2. The number of hydrogen-bond acceptors (Lipinski definition) is 5. The first-order chi connectivity index (χ1) is 9.57. The summed E-state index contributed by atoms with van der Waals surface area (Å²) in [6.07, 6.45) is 1.61. The zero-order valence-electron chi connectivity index (χ0n) is 12.4. The molecule has 1 amide bonds. The van der Waals surface area contributed by atoms with Crippen molar-refractivity contribution >= 4 is 5.91 Å². The number of piperidine rings is 1. The van der Waals surface area contributed by atoms with E-state index in [4.69, 9.17) is 4.74 Å². The van der Waals surface area contributed by atoms with Gasteiger partial charge in [-0.1, -0.05) is 0 Å². The van der Waals surface area contributed by atoms with E-state index in [0.29, 0.717) is 19.0 Å². The van der Waals surface area contributed by atoms with Crippen LogP contribution >= 0.6 is 0 Å². The molecular formula is C13H23N5O2. The van der Waals surface area contributed by atoms with Gasteiger partial charge in [0.25, 0.3) is 0 Å². The van der Waals surface area contributed by atoms with Crippen LogP contribution in [0.2, 0.25) is 0 Å². The molecule has 1 aliphatic rings. The molecular weight excluding hydrogens is 258 g/mol. The van der Waals surface area contributed by atoms with Crippen LogP contribution in [0.1, 0.15) is 24.5 Å². The van der Waals surface area contributed by atoms with E-state index in [1.54, 1.807) is 19.1 Å². The van der Waals surface area contributed by atoms with Gasteiger partial charge in [0.15, 0.2) is 5.82 Å². The Kier molecular flexibility index (Phi) is 4.72. The van der Waals surface area contributed by atoms with Gasteiger partial charge in [-0.3, -0.25) is 9.89 Å². The van der Waals surface area contributed by atoms with Crippen molar-refractivity contribution in [1.29, 1.82) is 0 Å². The molecule has 7 heteroatoms. The zero-order chi connectivity index (χ0) is 14.6. The van der Waals surface area contributed by atoms with E-state index in [2.05, 4.69) is 20.5 Å². The summed E-state index contributed by atoms with van der Waals surface area (Å²) in [4.78, 5) is 18.7. The van der Waals surface area contributed by atoms with Crippen molar-refractivity contribution in [3.63, 3.8) is 0 Å². The highest BCUT2D eigenvalue weighted by atomic mass is 16.5. The third kappa shape index (κ3) is 3.16. The van der Waals surface area contributed by atoms with E-state index in [0.717, 1.165) is 31.8 Å². The Morgan fingerprint density at radius 2 is 2.15 bits per heavy atom. The van der Waals surface area contributed by atoms with Gasteiger partial charge in [-0.15, -0.1) is 0 Å². The van der Waals surface area contributed by atoms with Crippen molar-refractivity contribution in [3.05, 3.63) is 11.6 Å². The molecule has 20 heavy (non-hydrogen) atoms. The van der Waals surface area contributed by atoms with Gasteiger partial charge in [-0.2, -0.15) is 5.10 Å². The fourth-order valence-electron chi connectivity index (χ4n) is 2.75. The van der Waals surface area contributed by atoms with E-state index < -0.39 is 5.41 Å². The van der Waals surface area contributed by atoms with Crippen LogP contribution in [0.3, 0.4) is 0 Å². The van der Waals surface area contributed by atoms with Crippen LogP contribution in [-0.4, -0.2) is 59.8 Å². The number of nitrogens with zero attached hydrogens (tertiary/aromatic N) is 3. The summed E-state index contributed by atoms with van der Waals surface area (Å²) in [6, 6.07) is 0. The van der Waals surface area contributed by atoms with Gasteiger partial charge < -0.3 is 15.0 Å². The third-order valence-electron chi connectivity index (χ3n) is 3.80. The summed E-state index contributed by atoms with van der Waals surface area (Å²) in [7, 11) is 3.45. The summed E-state index contributed by atoms with van der Waals surface area (Å²) < 4.78 is 5.30. The number of H-pyrrole nitrogens is 1. The average molecular weight is 281 g/mol. The first kappa shape index (κ1) is 14.9. The normalized spacial score (nSPS) is 17.9. The second kappa shape index (κ2) is 6.32. The first-order valence-corrected chi connectivity index (χ1v) is 6.90. The molecule has 1 aliphatic heterocycles. The minimum absolute atomic E-state index is 0.114. The Morgan fingerprint density at radius 1 is 1.45 bits per heavy atom. The molecule has 0 bridgehead atoms. The van der Waals surface area contributed by atoms with Crippen LogP contribution in [0.15, 0.2) is 0 Å². The lowest BCUT2D eigenvalue weighted by Gasteiger charge is -2.38. The van der Waals surface area contributed by atoms with Gasteiger partial charge >= 0.3 is 0 Å². The maximum absolute atomic E-state index is 12.8. The molecule has 1 aromatic rings. The third-order valence-corrected chi connectivity index (χ3v) is 3.80. The maximum Gasteiger partial charge on any atom is 0.231 e. The second-order valence-corrected chi connectivity index (χ2v) is 5.46. The molecule has 2 N–H and O–H groups in total. The standard InChI is InChI=1S/C13H23N5O2/c1-10-15-11(17-16-10)8-18(2)12(19)13(9-20-3)4-6-14-7-5-13/h14H,4-9H2,1-3H3,(H,15,16,17). The number of rotatable bonds is 5. The lowest BCUT2D eigenvalue weighted by molar-refractivity contribution is -0.146. The smallest absolute Gasteiger partial charge is 0.231 e. The minimum atomic E-state index is -0.417. The zero-order valence-corrected chi connectivity index (χ0v) is 12.4. The van der Waals surface area contributed by atoms with E-state index in [1.807, 2.05) is 6.92 Å². The summed E-state index contributed by atoms with van der Waals surface area (Å²) in [6.45, 7) is 4.43. The fraction of sp³-hybridized carbons (Fsp3) is 0.769. The quantitative estimate of drug-likeness (QED) is 0.799. The predicted molar refractivity (Wildman–Crippen MR) is 74.0 cm³/mol. The first-order valence-electron chi connectivity index (χ1n) is 6.90. The second-order valence-electron chi connectivity index (χ2n) is 5.46. The number of methoxy groups -OCH3 is 1. The number of carbonyl (C=O) groups is 1. The lowest BCUT2D eigenvalue weighted by atomic mass is 9.78. The van der Waals surface area contributed by atoms with Crippen LogP contribution in [0, 0.1) is 12.3 Å². The van der Waals surface area contributed by atoms with Gasteiger partial charge in [0, 0.05) is 14.2 Å². The van der Waals surface area contributed by atoms with Crippen LogP contribution in [-0.2, 0) is 16.1 Å². The molecule has 0 aromatic carbocycles. The van der Waals surface area contributed by atoms with Crippen molar-refractivity contribution in [3.8, 4) is 0 Å². The molecule has 1 fully saturated rings. The van der Waals surface area contributed by atoms with Crippen molar-refractivity contribution in [2.45, 2.75) is 26.3 Å². The van der Waals surface area contributed by atoms with Gasteiger partial charge in [-0.25, -0.2) is 4.98 Å². The van der Waals surface area contributed by atoms with Crippen molar-refractivity contribution in [2.75, 3.05) is 33.9 Å². The van der Waals surface area contributed by atoms with Gasteiger partial charge in [0.2, 0.25) is 5.91 Å². The van der Waals surface area contributed by atoms with Gasteiger partial charge in [-0.05, 0) is 32.9 Å². The number of nitrogens with one attached hydrogen (secondary N) is 2. The fourth-order valence-corrected chi connectivity index (χ4v) is 2.75. The number of ether oxygens (including phenoxy) is 1. The molecule has 1 saturated heterocycles. The topological polar surface area (TPSA) is 83.1 Å². The highest BCUT2D eigenvalue weighted by molar-refractivity contribution is 5.82. The van der Waals surface area contributed by atoms with Gasteiger partial charge in [0.05, 0.1) is 18.6 Å². The van der Waals surface area contributed by atoms with E-state index in [-0.39, 0.29) is 5.91 Å². The van der Waals surface area contributed by atoms with Crippen molar-refractivity contribution < 1.29 is 9.53 Å². The number of aromatic nitrogens is 3. The summed E-state index contributed by atoms with van der Waals surface area (Å²) >= 11 is 0. The average Bonchev–Trinajstić information content (AvgIpc) is 2.84. The van der Waals surface area contributed by atoms with E-state index in [9.17, 15) is 4.79 Å². The van der Waals surface area contributed by atoms with E-state index in [1.165, 1.54) is 0 Å². The molecule has 0 saturated carbocycles. The Labute approximate surface area is 119 Å². The molecule has 2 heterocycles. The molecule has 0 aliphatic carbocycles. The summed E-state index contributed by atoms with van der Waals surface area (Å²) in [5.41, 5.74) is -0.417. The molecule has 1 aromatic heterocycles. The van der Waals surface area contributed by atoms with Crippen LogP contribution in [0.4, 0.5) is 0 Å². The minimum Gasteiger partial charge on any atom is -0.384 e. The Balaban J connectivity index is 2.06. The Hall–Kier alpha value is -1.47. The largest absolute Gasteiger partial charge is 0.384 e. The molecule has 2 rings (SSSR count). The number of carbonyl (C=O) groups excluding carboxylic acids is 1. The number of hydrogen-bond donors (Lipinski definition) is 2. The predicted octanol–water partition coefficient (Wildman–Crippen LogP) is 0.0877. The Bertz CT molecular complexity index is 448. The van der Waals surface area contributed by atoms with Crippen LogP contribution < -0.4 is 5.32 Å². The van der Waals surface area contributed by atoms with Crippen molar-refractivity contribution in [1.82, 2.24) is 25.4 Å². The highest BCUT2D eigenvalue weighted by Crippen LogP contribution is 2.31.